The minimum absolute atomic E-state index is 0.0715. The van der Waals surface area contributed by atoms with Crippen molar-refractivity contribution in [2.24, 2.45) is 11.7 Å². The molecule has 0 aliphatic carbocycles. The van der Waals surface area contributed by atoms with Crippen LogP contribution in [-0.4, -0.2) is 37.7 Å². The first-order valence-electron chi connectivity index (χ1n) is 11.1. The van der Waals surface area contributed by atoms with Crippen molar-refractivity contribution in [1.82, 2.24) is 4.90 Å². The van der Waals surface area contributed by atoms with Crippen LogP contribution < -0.4 is 20.5 Å². The zero-order chi connectivity index (χ0) is 22.6. The minimum atomic E-state index is -0.166. The van der Waals surface area contributed by atoms with E-state index < -0.39 is 0 Å². The molecular formula is C25H37N3O3. The second-order valence-corrected chi connectivity index (χ2v) is 8.10. The Hall–Kier alpha value is -2.73. The first-order chi connectivity index (χ1) is 15.0. The van der Waals surface area contributed by atoms with Crippen LogP contribution in [0, 0.1) is 5.92 Å². The SMILES string of the molecule is COc1ccc(NC(=O)N(CCCN)C(C)c2ccccc2)cc1OCCCC(C)C. The number of methoxy groups -OCH3 is 1. The van der Waals surface area contributed by atoms with Gasteiger partial charge in [0.15, 0.2) is 11.5 Å². The molecule has 2 aromatic rings. The predicted octanol–water partition coefficient (Wildman–Crippen LogP) is 5.45. The molecule has 0 heterocycles. The summed E-state index contributed by atoms with van der Waals surface area (Å²) in [5.41, 5.74) is 7.46. The highest BCUT2D eigenvalue weighted by Crippen LogP contribution is 2.31. The maximum atomic E-state index is 13.1. The van der Waals surface area contributed by atoms with Gasteiger partial charge in [0.1, 0.15) is 0 Å². The number of hydrogen-bond acceptors (Lipinski definition) is 4. The summed E-state index contributed by atoms with van der Waals surface area (Å²) in [7, 11) is 1.62. The van der Waals surface area contributed by atoms with Gasteiger partial charge >= 0.3 is 6.03 Å². The lowest BCUT2D eigenvalue weighted by molar-refractivity contribution is 0.192. The predicted molar refractivity (Wildman–Crippen MR) is 127 cm³/mol. The number of carbonyl (C=O) groups excluding carboxylic acids is 1. The van der Waals surface area contributed by atoms with Crippen LogP contribution in [0.25, 0.3) is 0 Å². The Morgan fingerprint density at radius 1 is 1.06 bits per heavy atom. The first-order valence-corrected chi connectivity index (χ1v) is 11.1. The zero-order valence-corrected chi connectivity index (χ0v) is 19.3. The summed E-state index contributed by atoms with van der Waals surface area (Å²) >= 11 is 0. The summed E-state index contributed by atoms with van der Waals surface area (Å²) in [5, 5.41) is 3.01. The van der Waals surface area contributed by atoms with E-state index in [-0.39, 0.29) is 12.1 Å². The number of urea groups is 1. The third kappa shape index (κ3) is 7.79. The fourth-order valence-electron chi connectivity index (χ4n) is 3.38. The Bertz CT molecular complexity index is 796. The van der Waals surface area contributed by atoms with Crippen LogP contribution in [-0.2, 0) is 0 Å². The lowest BCUT2D eigenvalue weighted by Gasteiger charge is -2.30. The van der Waals surface area contributed by atoms with Crippen molar-refractivity contribution < 1.29 is 14.3 Å². The Kier molecular flexibility index (Phi) is 10.2. The summed E-state index contributed by atoms with van der Waals surface area (Å²) in [4.78, 5) is 15.0. The Labute approximate surface area is 186 Å². The van der Waals surface area contributed by atoms with Crippen LogP contribution in [0.2, 0.25) is 0 Å². The molecule has 6 heteroatoms. The zero-order valence-electron chi connectivity index (χ0n) is 19.3. The third-order valence-electron chi connectivity index (χ3n) is 5.21. The standard InChI is InChI=1S/C25H37N3O3/c1-19(2)10-8-17-31-24-18-22(13-14-23(24)30-4)27-25(29)28(16-9-15-26)20(3)21-11-6-5-7-12-21/h5-7,11-14,18-20H,8-10,15-17,26H2,1-4H3,(H,27,29). The second-order valence-electron chi connectivity index (χ2n) is 8.10. The molecule has 1 unspecified atom stereocenters. The summed E-state index contributed by atoms with van der Waals surface area (Å²) in [6.45, 7) is 8.14. The molecule has 2 rings (SSSR count). The van der Waals surface area contributed by atoms with E-state index in [1.807, 2.05) is 60.4 Å². The van der Waals surface area contributed by atoms with Crippen molar-refractivity contribution in [1.29, 1.82) is 0 Å². The monoisotopic (exact) mass is 427 g/mol. The van der Waals surface area contributed by atoms with E-state index in [2.05, 4.69) is 19.2 Å². The highest BCUT2D eigenvalue weighted by Gasteiger charge is 2.21. The average molecular weight is 428 g/mol. The molecular weight excluding hydrogens is 390 g/mol. The van der Waals surface area contributed by atoms with Gasteiger partial charge in [-0.3, -0.25) is 0 Å². The number of amides is 2. The molecule has 0 aliphatic heterocycles. The quantitative estimate of drug-likeness (QED) is 0.441. The normalized spacial score (nSPS) is 11.8. The molecule has 0 fully saturated rings. The van der Waals surface area contributed by atoms with Crippen LogP contribution in [0.4, 0.5) is 10.5 Å². The van der Waals surface area contributed by atoms with Gasteiger partial charge in [-0.05, 0) is 56.3 Å². The number of ether oxygens (including phenoxy) is 2. The van der Waals surface area contributed by atoms with Crippen LogP contribution in [0.3, 0.4) is 0 Å². The molecule has 0 bridgehead atoms. The van der Waals surface area contributed by atoms with E-state index in [0.717, 1.165) is 24.8 Å². The molecule has 31 heavy (non-hydrogen) atoms. The summed E-state index contributed by atoms with van der Waals surface area (Å²) in [5.74, 6) is 1.93. The number of anilines is 1. The van der Waals surface area contributed by atoms with E-state index in [9.17, 15) is 4.79 Å². The summed E-state index contributed by atoms with van der Waals surface area (Å²) < 4.78 is 11.4. The third-order valence-corrected chi connectivity index (χ3v) is 5.21. The van der Waals surface area contributed by atoms with Gasteiger partial charge in [-0.25, -0.2) is 4.79 Å². The Morgan fingerprint density at radius 2 is 1.81 bits per heavy atom. The lowest BCUT2D eigenvalue weighted by atomic mass is 10.1. The molecule has 3 N–H and O–H groups in total. The van der Waals surface area contributed by atoms with Gasteiger partial charge in [-0.2, -0.15) is 0 Å². The molecule has 0 saturated heterocycles. The molecule has 0 aliphatic rings. The largest absolute Gasteiger partial charge is 0.493 e. The van der Waals surface area contributed by atoms with Crippen LogP contribution in [0.1, 0.15) is 51.6 Å². The van der Waals surface area contributed by atoms with Crippen LogP contribution in [0.5, 0.6) is 11.5 Å². The molecule has 0 aromatic heterocycles. The number of benzene rings is 2. The molecule has 6 nitrogen and oxygen atoms in total. The van der Waals surface area contributed by atoms with E-state index in [1.165, 1.54) is 0 Å². The smallest absolute Gasteiger partial charge is 0.322 e. The fraction of sp³-hybridized carbons (Fsp3) is 0.480. The number of nitrogens with two attached hydrogens (primary N) is 1. The van der Waals surface area contributed by atoms with Crippen molar-refractivity contribution in [2.45, 2.75) is 46.1 Å². The van der Waals surface area contributed by atoms with Crippen molar-refractivity contribution in [3.05, 3.63) is 54.1 Å². The van der Waals surface area contributed by atoms with Gasteiger partial charge < -0.3 is 25.4 Å². The van der Waals surface area contributed by atoms with Crippen LogP contribution >= 0.6 is 0 Å². The molecule has 1 atom stereocenters. The van der Waals surface area contributed by atoms with Crippen molar-refractivity contribution in [3.63, 3.8) is 0 Å². The van der Waals surface area contributed by atoms with Crippen molar-refractivity contribution >= 4 is 11.7 Å². The number of hydrogen-bond donors (Lipinski definition) is 2. The van der Waals surface area contributed by atoms with Gasteiger partial charge in [-0.15, -0.1) is 0 Å². The molecule has 170 valence electrons. The topological polar surface area (TPSA) is 76.8 Å². The van der Waals surface area contributed by atoms with Gasteiger partial charge in [0.2, 0.25) is 0 Å². The van der Waals surface area contributed by atoms with Crippen molar-refractivity contribution in [2.75, 3.05) is 32.1 Å². The van der Waals surface area contributed by atoms with E-state index in [1.54, 1.807) is 7.11 Å². The van der Waals surface area contributed by atoms with Gasteiger partial charge in [0.25, 0.3) is 0 Å². The van der Waals surface area contributed by atoms with Gasteiger partial charge in [-0.1, -0.05) is 44.2 Å². The lowest BCUT2D eigenvalue weighted by Crippen LogP contribution is -2.38. The summed E-state index contributed by atoms with van der Waals surface area (Å²) in [6, 6.07) is 15.2. The maximum Gasteiger partial charge on any atom is 0.322 e. The molecule has 2 amide bonds. The van der Waals surface area contributed by atoms with Gasteiger partial charge in [0, 0.05) is 18.3 Å². The Morgan fingerprint density at radius 3 is 2.45 bits per heavy atom. The Balaban J connectivity index is 2.11. The molecule has 0 saturated carbocycles. The maximum absolute atomic E-state index is 13.1. The first kappa shape index (κ1) is 24.5. The molecule has 2 aromatic carbocycles. The van der Waals surface area contributed by atoms with Crippen LogP contribution in [0.15, 0.2) is 48.5 Å². The highest BCUT2D eigenvalue weighted by atomic mass is 16.5. The van der Waals surface area contributed by atoms with Gasteiger partial charge in [0.05, 0.1) is 19.8 Å². The fourth-order valence-corrected chi connectivity index (χ4v) is 3.38. The number of rotatable bonds is 12. The minimum Gasteiger partial charge on any atom is -0.493 e. The highest BCUT2D eigenvalue weighted by molar-refractivity contribution is 5.90. The van der Waals surface area contributed by atoms with E-state index in [4.69, 9.17) is 15.2 Å². The molecule has 0 radical (unpaired) electrons. The second kappa shape index (κ2) is 12.8. The summed E-state index contributed by atoms with van der Waals surface area (Å²) in [6.07, 6.45) is 2.81. The molecule has 0 spiro atoms. The van der Waals surface area contributed by atoms with Crippen molar-refractivity contribution in [3.8, 4) is 11.5 Å². The number of nitrogens with zero attached hydrogens (tertiary/aromatic N) is 1. The van der Waals surface area contributed by atoms with E-state index in [0.29, 0.717) is 42.8 Å². The number of nitrogens with one attached hydrogen (secondary N) is 1. The number of carbonyl (C=O) groups is 1. The van der Waals surface area contributed by atoms with E-state index >= 15 is 0 Å². The average Bonchev–Trinajstić information content (AvgIpc) is 2.77.